The first kappa shape index (κ1) is 23.7. The molecule has 10 heteroatoms. The maximum Gasteiger partial charge on any atom is 0.251 e. The predicted octanol–water partition coefficient (Wildman–Crippen LogP) is 1.86. The number of benzene rings is 2. The number of halogens is 1. The molecule has 0 aromatic heterocycles. The van der Waals surface area contributed by atoms with Crippen LogP contribution in [-0.2, 0) is 14.8 Å². The Balaban J connectivity index is 1.87. The quantitative estimate of drug-likeness (QED) is 0.625. The molecular formula is C20H24ClN3O5S. The van der Waals surface area contributed by atoms with E-state index in [1.807, 2.05) is 0 Å². The number of likely N-dealkylation sites (N-methyl/N-ethyl adjacent to an activating group) is 1. The van der Waals surface area contributed by atoms with Crippen LogP contribution < -0.4 is 10.1 Å². The molecule has 0 atom stereocenters. The molecule has 0 saturated heterocycles. The van der Waals surface area contributed by atoms with Crippen LogP contribution in [0.1, 0.15) is 10.4 Å². The largest absolute Gasteiger partial charge is 0.490 e. The average Bonchev–Trinajstić information content (AvgIpc) is 2.72. The highest BCUT2D eigenvalue weighted by Crippen LogP contribution is 2.22. The Morgan fingerprint density at radius 3 is 2.43 bits per heavy atom. The van der Waals surface area contributed by atoms with Gasteiger partial charge in [0.05, 0.1) is 23.0 Å². The van der Waals surface area contributed by atoms with Gasteiger partial charge in [-0.3, -0.25) is 9.59 Å². The highest BCUT2D eigenvalue weighted by Gasteiger charge is 2.19. The lowest BCUT2D eigenvalue weighted by atomic mass is 10.2. The Hall–Kier alpha value is -2.62. The number of ether oxygens (including phenoxy) is 1. The van der Waals surface area contributed by atoms with E-state index in [9.17, 15) is 18.0 Å². The number of carbonyl (C=O) groups is 2. The van der Waals surface area contributed by atoms with Crippen LogP contribution in [-0.4, -0.2) is 70.3 Å². The molecule has 30 heavy (non-hydrogen) atoms. The number of hydrogen-bond donors (Lipinski definition) is 1. The number of sulfonamides is 1. The van der Waals surface area contributed by atoms with E-state index in [-0.39, 0.29) is 29.5 Å². The topological polar surface area (TPSA) is 96.0 Å². The molecule has 8 nitrogen and oxygen atoms in total. The minimum Gasteiger partial charge on any atom is -0.490 e. The van der Waals surface area contributed by atoms with Gasteiger partial charge in [-0.05, 0) is 30.3 Å². The lowest BCUT2D eigenvalue weighted by Gasteiger charge is -2.18. The summed E-state index contributed by atoms with van der Waals surface area (Å²) in [7, 11) is 0.750. The van der Waals surface area contributed by atoms with Crippen molar-refractivity contribution in [2.24, 2.45) is 0 Å². The SMILES string of the molecule is CN(CCOc1ccccc1Cl)C(=O)CNC(=O)c1cccc(S(=O)(=O)N(C)C)c1. The summed E-state index contributed by atoms with van der Waals surface area (Å²) < 4.78 is 31.0. The maximum atomic E-state index is 12.3. The molecule has 2 rings (SSSR count). The second kappa shape index (κ2) is 10.4. The zero-order valence-electron chi connectivity index (χ0n) is 17.0. The van der Waals surface area contributed by atoms with E-state index in [4.69, 9.17) is 16.3 Å². The summed E-state index contributed by atoms with van der Waals surface area (Å²) in [5.41, 5.74) is 0.149. The average molecular weight is 454 g/mol. The van der Waals surface area contributed by atoms with Gasteiger partial charge >= 0.3 is 0 Å². The molecular weight excluding hydrogens is 430 g/mol. The molecule has 2 aromatic carbocycles. The van der Waals surface area contributed by atoms with E-state index < -0.39 is 15.9 Å². The molecule has 1 N–H and O–H groups in total. The highest BCUT2D eigenvalue weighted by molar-refractivity contribution is 7.89. The van der Waals surface area contributed by atoms with Crippen LogP contribution in [0.25, 0.3) is 0 Å². The Bertz CT molecular complexity index is 1010. The van der Waals surface area contributed by atoms with Gasteiger partial charge in [0.15, 0.2) is 0 Å². The van der Waals surface area contributed by atoms with Crippen LogP contribution in [0.15, 0.2) is 53.4 Å². The fourth-order valence-corrected chi connectivity index (χ4v) is 3.52. The van der Waals surface area contributed by atoms with Gasteiger partial charge in [0.2, 0.25) is 15.9 Å². The van der Waals surface area contributed by atoms with Crippen molar-refractivity contribution in [1.29, 1.82) is 0 Å². The standard InChI is InChI=1S/C20H24ClN3O5S/c1-23(2)30(27,28)16-8-6-7-15(13-16)20(26)22-14-19(25)24(3)11-12-29-18-10-5-4-9-17(18)21/h4-10,13H,11-12,14H2,1-3H3,(H,22,26). The van der Waals surface area contributed by atoms with E-state index in [0.29, 0.717) is 17.3 Å². The second-order valence-electron chi connectivity index (χ2n) is 6.59. The summed E-state index contributed by atoms with van der Waals surface area (Å²) in [6.07, 6.45) is 0. The third-order valence-corrected chi connectivity index (χ3v) is 6.34. The third kappa shape index (κ3) is 6.19. The molecule has 0 heterocycles. The molecule has 0 aliphatic rings. The minimum absolute atomic E-state index is 0.000293. The van der Waals surface area contributed by atoms with Crippen molar-refractivity contribution in [3.05, 3.63) is 59.1 Å². The summed E-state index contributed by atoms with van der Waals surface area (Å²) in [6, 6.07) is 12.7. The highest BCUT2D eigenvalue weighted by atomic mass is 35.5. The van der Waals surface area contributed by atoms with Crippen molar-refractivity contribution in [2.75, 3.05) is 40.8 Å². The molecule has 162 valence electrons. The first-order chi connectivity index (χ1) is 14.1. The summed E-state index contributed by atoms with van der Waals surface area (Å²) in [6.45, 7) is 0.312. The van der Waals surface area contributed by atoms with Gasteiger partial charge in [-0.15, -0.1) is 0 Å². The number of para-hydroxylation sites is 1. The van der Waals surface area contributed by atoms with Crippen LogP contribution in [0.4, 0.5) is 0 Å². The summed E-state index contributed by atoms with van der Waals surface area (Å²) in [5.74, 6) is -0.330. The van der Waals surface area contributed by atoms with Crippen molar-refractivity contribution in [2.45, 2.75) is 4.90 Å². The number of amides is 2. The fourth-order valence-electron chi connectivity index (χ4n) is 2.38. The van der Waals surface area contributed by atoms with Crippen molar-refractivity contribution in [1.82, 2.24) is 14.5 Å². The van der Waals surface area contributed by atoms with Crippen LogP contribution in [0.2, 0.25) is 5.02 Å². The van der Waals surface area contributed by atoms with E-state index in [0.717, 1.165) is 4.31 Å². The van der Waals surface area contributed by atoms with E-state index in [1.165, 1.54) is 43.3 Å². The van der Waals surface area contributed by atoms with Gasteiger partial charge in [0, 0.05) is 26.7 Å². The summed E-state index contributed by atoms with van der Waals surface area (Å²) >= 11 is 6.01. The first-order valence-electron chi connectivity index (χ1n) is 9.05. The van der Waals surface area contributed by atoms with Gasteiger partial charge in [-0.2, -0.15) is 0 Å². The molecule has 0 bridgehead atoms. The molecule has 2 amide bonds. The fraction of sp³-hybridized carbons (Fsp3) is 0.300. The number of rotatable bonds is 9. The molecule has 0 saturated carbocycles. The first-order valence-corrected chi connectivity index (χ1v) is 10.9. The second-order valence-corrected chi connectivity index (χ2v) is 9.15. The Morgan fingerprint density at radius 2 is 1.77 bits per heavy atom. The van der Waals surface area contributed by atoms with E-state index in [2.05, 4.69) is 5.32 Å². The zero-order chi connectivity index (χ0) is 22.3. The van der Waals surface area contributed by atoms with Crippen molar-refractivity contribution in [3.63, 3.8) is 0 Å². The molecule has 0 fully saturated rings. The Morgan fingerprint density at radius 1 is 1.07 bits per heavy atom. The van der Waals surface area contributed by atoms with Crippen molar-refractivity contribution < 1.29 is 22.7 Å². The smallest absolute Gasteiger partial charge is 0.251 e. The van der Waals surface area contributed by atoms with E-state index in [1.54, 1.807) is 31.3 Å². The van der Waals surface area contributed by atoms with Gasteiger partial charge in [-0.25, -0.2) is 12.7 Å². The molecule has 0 unspecified atom stereocenters. The summed E-state index contributed by atoms with van der Waals surface area (Å²) in [5, 5.41) is 2.99. The lowest BCUT2D eigenvalue weighted by Crippen LogP contribution is -2.39. The monoisotopic (exact) mass is 453 g/mol. The van der Waals surface area contributed by atoms with Crippen LogP contribution in [0, 0.1) is 0 Å². The van der Waals surface area contributed by atoms with Crippen LogP contribution in [0.3, 0.4) is 0 Å². The van der Waals surface area contributed by atoms with Gasteiger partial charge in [0.25, 0.3) is 5.91 Å². The molecule has 2 aromatic rings. The maximum absolute atomic E-state index is 12.3. The normalized spacial score (nSPS) is 11.2. The minimum atomic E-state index is -3.66. The molecule has 0 radical (unpaired) electrons. The number of nitrogens with zero attached hydrogens (tertiary/aromatic N) is 2. The lowest BCUT2D eigenvalue weighted by molar-refractivity contribution is -0.129. The van der Waals surface area contributed by atoms with Gasteiger partial charge in [0.1, 0.15) is 12.4 Å². The van der Waals surface area contributed by atoms with Crippen molar-refractivity contribution >= 4 is 33.4 Å². The van der Waals surface area contributed by atoms with Crippen molar-refractivity contribution in [3.8, 4) is 5.75 Å². The summed E-state index contributed by atoms with van der Waals surface area (Å²) in [4.78, 5) is 26.0. The van der Waals surface area contributed by atoms with Gasteiger partial charge < -0.3 is 15.0 Å². The Labute approximate surface area is 181 Å². The van der Waals surface area contributed by atoms with Crippen LogP contribution in [0.5, 0.6) is 5.75 Å². The molecule has 0 aliphatic heterocycles. The van der Waals surface area contributed by atoms with Gasteiger partial charge in [-0.1, -0.05) is 29.8 Å². The Kier molecular flexibility index (Phi) is 8.22. The third-order valence-electron chi connectivity index (χ3n) is 4.22. The molecule has 0 aliphatic carbocycles. The van der Waals surface area contributed by atoms with Crippen LogP contribution >= 0.6 is 11.6 Å². The predicted molar refractivity (Wildman–Crippen MR) is 114 cm³/mol. The zero-order valence-corrected chi connectivity index (χ0v) is 18.5. The number of carbonyl (C=O) groups excluding carboxylic acids is 2. The van der Waals surface area contributed by atoms with E-state index >= 15 is 0 Å². The number of nitrogens with one attached hydrogen (secondary N) is 1. The number of hydrogen-bond acceptors (Lipinski definition) is 5. The molecule has 0 spiro atoms.